The van der Waals surface area contributed by atoms with Gasteiger partial charge in [0.1, 0.15) is 5.75 Å². The number of thioether (sulfide) groups is 1. The topological polar surface area (TPSA) is 26.3 Å². The lowest BCUT2D eigenvalue weighted by Gasteiger charge is -2.04. The summed E-state index contributed by atoms with van der Waals surface area (Å²) in [6, 6.07) is 24.1. The summed E-state index contributed by atoms with van der Waals surface area (Å²) in [6.07, 6.45) is 0. The number of aryl methyl sites for hydroxylation is 2. The van der Waals surface area contributed by atoms with E-state index in [0.717, 1.165) is 22.8 Å². The Kier molecular flexibility index (Phi) is 9.89. The molecular weight excluding hydrogens is 396 g/mol. The number of Topliss-reactive ketones (excluding diaryl/α,β-unsaturated/α-hetero) is 1. The van der Waals surface area contributed by atoms with Crippen molar-refractivity contribution in [1.82, 2.24) is 0 Å². The van der Waals surface area contributed by atoms with E-state index in [9.17, 15) is 4.79 Å². The summed E-state index contributed by atoms with van der Waals surface area (Å²) in [4.78, 5) is 12.0. The zero-order valence-corrected chi connectivity index (χ0v) is 18.9. The van der Waals surface area contributed by atoms with Crippen LogP contribution < -0.4 is 4.74 Å². The van der Waals surface area contributed by atoms with Crippen molar-refractivity contribution in [2.75, 3.05) is 12.9 Å². The first-order valence-corrected chi connectivity index (χ1v) is 11.3. The maximum atomic E-state index is 12.0. The van der Waals surface area contributed by atoms with Gasteiger partial charge >= 0.3 is 0 Å². The van der Waals surface area contributed by atoms with Crippen LogP contribution in [0, 0.1) is 13.8 Å². The summed E-state index contributed by atoms with van der Waals surface area (Å²) in [5.41, 5.74) is 5.84. The second kappa shape index (κ2) is 12.4. The zero-order valence-electron chi connectivity index (χ0n) is 17.2. The van der Waals surface area contributed by atoms with E-state index in [2.05, 4.69) is 75.0 Å². The molecule has 29 heavy (non-hydrogen) atoms. The molecule has 0 aliphatic carbocycles. The molecule has 0 spiro atoms. The SMILES string of the molecule is COc1ccc(C(=O)CSCc2ccc(C)cc2)cc1.Cc1ccc(CS)cc1. The molecule has 3 aromatic carbocycles. The number of hydrogen-bond acceptors (Lipinski definition) is 4. The Morgan fingerprint density at radius 2 is 1.34 bits per heavy atom. The maximum Gasteiger partial charge on any atom is 0.172 e. The van der Waals surface area contributed by atoms with Crippen molar-refractivity contribution in [1.29, 1.82) is 0 Å². The predicted octanol–water partition coefficient (Wildman–Crippen LogP) is 6.54. The fourth-order valence-corrected chi connectivity index (χ4v) is 3.59. The molecule has 0 fully saturated rings. The van der Waals surface area contributed by atoms with Crippen LogP contribution in [0.2, 0.25) is 0 Å². The summed E-state index contributed by atoms with van der Waals surface area (Å²) >= 11 is 5.79. The van der Waals surface area contributed by atoms with Crippen LogP contribution in [0.1, 0.15) is 32.6 Å². The molecule has 0 saturated carbocycles. The van der Waals surface area contributed by atoms with Crippen LogP contribution >= 0.6 is 24.4 Å². The van der Waals surface area contributed by atoms with Crippen molar-refractivity contribution in [3.63, 3.8) is 0 Å². The van der Waals surface area contributed by atoms with Gasteiger partial charge in [-0.05, 0) is 49.2 Å². The third kappa shape index (κ3) is 8.38. The monoisotopic (exact) mass is 424 g/mol. The Labute approximate surface area is 184 Å². The van der Waals surface area contributed by atoms with Crippen LogP contribution in [0.5, 0.6) is 5.75 Å². The lowest BCUT2D eigenvalue weighted by molar-refractivity contribution is 0.102. The third-order valence-corrected chi connectivity index (χ3v) is 5.71. The molecule has 3 rings (SSSR count). The molecule has 0 bridgehead atoms. The van der Waals surface area contributed by atoms with Gasteiger partial charge in [0.25, 0.3) is 0 Å². The van der Waals surface area contributed by atoms with E-state index in [4.69, 9.17) is 4.74 Å². The number of hydrogen-bond donors (Lipinski definition) is 1. The third-order valence-electron chi connectivity index (χ3n) is 4.34. The number of methoxy groups -OCH3 is 1. The molecule has 0 aromatic heterocycles. The van der Waals surface area contributed by atoms with Gasteiger partial charge < -0.3 is 4.74 Å². The lowest BCUT2D eigenvalue weighted by Crippen LogP contribution is -2.02. The zero-order chi connectivity index (χ0) is 21.1. The lowest BCUT2D eigenvalue weighted by atomic mass is 10.1. The van der Waals surface area contributed by atoms with Gasteiger partial charge in [-0.3, -0.25) is 4.79 Å². The van der Waals surface area contributed by atoms with Crippen LogP contribution in [-0.4, -0.2) is 18.6 Å². The van der Waals surface area contributed by atoms with Gasteiger partial charge in [-0.25, -0.2) is 0 Å². The highest BCUT2D eigenvalue weighted by Gasteiger charge is 2.06. The Morgan fingerprint density at radius 1 is 0.828 bits per heavy atom. The van der Waals surface area contributed by atoms with Crippen molar-refractivity contribution >= 4 is 30.2 Å². The normalized spacial score (nSPS) is 10.1. The molecule has 0 atom stereocenters. The van der Waals surface area contributed by atoms with Crippen molar-refractivity contribution in [2.45, 2.75) is 25.4 Å². The highest BCUT2D eigenvalue weighted by atomic mass is 32.2. The van der Waals surface area contributed by atoms with Crippen molar-refractivity contribution < 1.29 is 9.53 Å². The molecule has 0 aliphatic rings. The fraction of sp³-hybridized carbons (Fsp3) is 0.240. The summed E-state index contributed by atoms with van der Waals surface area (Å²) in [6.45, 7) is 4.16. The molecular formula is C25H28O2S2. The van der Waals surface area contributed by atoms with Gasteiger partial charge in [-0.1, -0.05) is 59.7 Å². The first-order valence-electron chi connectivity index (χ1n) is 9.48. The minimum atomic E-state index is 0.157. The molecule has 0 unspecified atom stereocenters. The Morgan fingerprint density at radius 3 is 1.83 bits per heavy atom. The van der Waals surface area contributed by atoms with E-state index in [0.29, 0.717) is 5.75 Å². The Hall–Kier alpha value is -2.17. The second-order valence-corrected chi connectivity index (χ2v) is 8.08. The highest BCUT2D eigenvalue weighted by molar-refractivity contribution is 7.99. The van der Waals surface area contributed by atoms with E-state index >= 15 is 0 Å². The van der Waals surface area contributed by atoms with Gasteiger partial charge in [0.2, 0.25) is 0 Å². The van der Waals surface area contributed by atoms with Crippen molar-refractivity contribution in [3.8, 4) is 5.75 Å². The summed E-state index contributed by atoms with van der Waals surface area (Å²) in [5, 5.41) is 0. The predicted molar refractivity (Wildman–Crippen MR) is 129 cm³/mol. The molecule has 2 nitrogen and oxygen atoms in total. The number of thiol groups is 1. The van der Waals surface area contributed by atoms with Gasteiger partial charge in [-0.2, -0.15) is 12.6 Å². The van der Waals surface area contributed by atoms with Gasteiger partial charge in [0, 0.05) is 17.1 Å². The quantitative estimate of drug-likeness (QED) is 0.344. The minimum Gasteiger partial charge on any atom is -0.497 e. The molecule has 4 heteroatoms. The maximum absolute atomic E-state index is 12.0. The molecule has 0 heterocycles. The van der Waals surface area contributed by atoms with Crippen LogP contribution in [0.25, 0.3) is 0 Å². The van der Waals surface area contributed by atoms with E-state index < -0.39 is 0 Å². The summed E-state index contributed by atoms with van der Waals surface area (Å²) in [7, 11) is 1.62. The standard InChI is InChI=1S/C17H18O2S.C8H10S/c1-13-3-5-14(6-4-13)11-20-12-17(18)15-7-9-16(19-2)10-8-15;1-7-2-4-8(6-9)5-3-7/h3-10H,11-12H2,1-2H3;2-5,9H,6H2,1H3. The molecule has 0 radical (unpaired) electrons. The first-order chi connectivity index (χ1) is 14.0. The van der Waals surface area contributed by atoms with Crippen LogP contribution in [-0.2, 0) is 11.5 Å². The molecule has 0 amide bonds. The average Bonchev–Trinajstić information content (AvgIpc) is 2.76. The fourth-order valence-electron chi connectivity index (χ4n) is 2.50. The summed E-state index contributed by atoms with van der Waals surface area (Å²) < 4.78 is 5.08. The van der Waals surface area contributed by atoms with E-state index in [-0.39, 0.29) is 5.78 Å². The van der Waals surface area contributed by atoms with Crippen molar-refractivity contribution in [2.24, 2.45) is 0 Å². The Bertz CT molecular complexity index is 870. The minimum absolute atomic E-state index is 0.157. The Balaban J connectivity index is 0.000000278. The molecule has 3 aromatic rings. The number of rotatable bonds is 7. The van der Waals surface area contributed by atoms with Gasteiger partial charge in [0.15, 0.2) is 5.78 Å². The molecule has 0 saturated heterocycles. The van der Waals surface area contributed by atoms with Crippen molar-refractivity contribution in [3.05, 3.63) is 101 Å². The molecule has 0 aliphatic heterocycles. The largest absolute Gasteiger partial charge is 0.497 e. The highest BCUT2D eigenvalue weighted by Crippen LogP contribution is 2.17. The van der Waals surface area contributed by atoms with Gasteiger partial charge in [-0.15, -0.1) is 11.8 Å². The number of benzene rings is 3. The summed E-state index contributed by atoms with van der Waals surface area (Å²) in [5.74, 6) is 3.13. The second-order valence-electron chi connectivity index (χ2n) is 6.77. The number of ether oxygens (including phenoxy) is 1. The van der Waals surface area contributed by atoms with Crippen LogP contribution in [0.3, 0.4) is 0 Å². The van der Waals surface area contributed by atoms with Gasteiger partial charge in [0.05, 0.1) is 12.9 Å². The number of carbonyl (C=O) groups is 1. The van der Waals surface area contributed by atoms with E-state index in [1.54, 1.807) is 18.9 Å². The van der Waals surface area contributed by atoms with E-state index in [1.165, 1.54) is 22.3 Å². The molecule has 152 valence electrons. The van der Waals surface area contributed by atoms with Crippen LogP contribution in [0.15, 0.2) is 72.8 Å². The number of carbonyl (C=O) groups excluding carboxylic acids is 1. The average molecular weight is 425 g/mol. The first kappa shape index (κ1) is 23.1. The van der Waals surface area contributed by atoms with E-state index in [1.807, 2.05) is 24.3 Å². The smallest absolute Gasteiger partial charge is 0.172 e. The molecule has 0 N–H and O–H groups in total. The van der Waals surface area contributed by atoms with Crippen LogP contribution in [0.4, 0.5) is 0 Å². The number of ketones is 1.